The number of carbonyl (C=O) groups excluding carboxylic acids is 1. The number of aromatic nitrogens is 1. The Morgan fingerprint density at radius 1 is 1.09 bits per heavy atom. The van der Waals surface area contributed by atoms with Crippen molar-refractivity contribution in [2.75, 3.05) is 49.2 Å². The number of anilines is 3. The minimum absolute atomic E-state index is 0.0101. The highest BCUT2D eigenvalue weighted by Gasteiger charge is 2.33. The number of nitrogens with two attached hydrogens (primary N) is 1. The van der Waals surface area contributed by atoms with Crippen LogP contribution in [0.2, 0.25) is 0 Å². The zero-order chi connectivity index (χ0) is 25.0. The number of nitrogens with one attached hydrogen (secondary N) is 1. The van der Waals surface area contributed by atoms with Crippen LogP contribution in [0.1, 0.15) is 31.2 Å². The first-order valence-electron chi connectivity index (χ1n) is 11.7. The lowest BCUT2D eigenvalue weighted by molar-refractivity contribution is -0.136. The lowest BCUT2D eigenvalue weighted by Gasteiger charge is -2.34. The van der Waals surface area contributed by atoms with E-state index in [0.717, 1.165) is 37.6 Å². The van der Waals surface area contributed by atoms with Crippen LogP contribution in [0.4, 0.5) is 35.2 Å². The van der Waals surface area contributed by atoms with Gasteiger partial charge in [-0.2, -0.15) is 18.2 Å². The van der Waals surface area contributed by atoms with E-state index in [1.54, 1.807) is 11.0 Å². The second-order valence-electron chi connectivity index (χ2n) is 8.81. The molecule has 2 fully saturated rings. The van der Waals surface area contributed by atoms with E-state index in [4.69, 9.17) is 15.2 Å². The smallest absolute Gasteiger partial charge is 0.418 e. The Balaban J connectivity index is 1.28. The number of hydrogen-bond donors (Lipinski definition) is 2. The number of nitrogen functional groups attached to an aromatic ring is 1. The summed E-state index contributed by atoms with van der Waals surface area (Å²) in [4.78, 5) is 20.1. The molecule has 3 N–H and O–H groups in total. The molecule has 2 aromatic rings. The zero-order valence-electron chi connectivity index (χ0n) is 19.6. The molecular formula is C24H30F3N5O3. The lowest BCUT2D eigenvalue weighted by atomic mass is 9.92. The molecule has 11 heteroatoms. The highest BCUT2D eigenvalue weighted by molar-refractivity contribution is 5.67. The molecule has 1 amide bonds. The molecule has 0 bridgehead atoms. The standard InChI is InChI=1S/C24H30F3N5O3/c1-34-23(33)32-13-11-31(12-14-32)21-3-2-4-22(30-21)35-18-8-5-16(6-9-18)29-17-7-10-20(28)19(15-17)24(25,26)27/h2-4,7,10,15-16,18,29H,5-6,8-9,11-14,28H2,1H3. The van der Waals surface area contributed by atoms with Gasteiger partial charge in [0.05, 0.1) is 12.7 Å². The number of benzene rings is 1. The normalized spacial score (nSPS) is 20.9. The lowest BCUT2D eigenvalue weighted by Crippen LogP contribution is -2.49. The molecule has 0 radical (unpaired) electrons. The van der Waals surface area contributed by atoms with E-state index in [2.05, 4.69) is 15.2 Å². The number of pyridine rings is 1. The maximum atomic E-state index is 13.1. The Morgan fingerprint density at radius 3 is 2.46 bits per heavy atom. The largest absolute Gasteiger partial charge is 0.474 e. The number of piperazine rings is 1. The van der Waals surface area contributed by atoms with Crippen LogP contribution in [0.3, 0.4) is 0 Å². The highest BCUT2D eigenvalue weighted by atomic mass is 19.4. The van der Waals surface area contributed by atoms with Crippen molar-refractivity contribution in [1.29, 1.82) is 0 Å². The van der Waals surface area contributed by atoms with Crippen LogP contribution in [0.25, 0.3) is 0 Å². The summed E-state index contributed by atoms with van der Waals surface area (Å²) in [5.41, 5.74) is 4.80. The second kappa shape index (κ2) is 10.5. The molecule has 1 aliphatic carbocycles. The van der Waals surface area contributed by atoms with Crippen LogP contribution in [-0.2, 0) is 10.9 Å². The summed E-state index contributed by atoms with van der Waals surface area (Å²) in [7, 11) is 1.38. The highest BCUT2D eigenvalue weighted by Crippen LogP contribution is 2.36. The minimum atomic E-state index is -4.48. The van der Waals surface area contributed by atoms with Gasteiger partial charge >= 0.3 is 12.3 Å². The molecule has 8 nitrogen and oxygen atoms in total. The van der Waals surface area contributed by atoms with Crippen LogP contribution in [0, 0.1) is 0 Å². The summed E-state index contributed by atoms with van der Waals surface area (Å²) in [5, 5.41) is 3.20. The van der Waals surface area contributed by atoms with Crippen molar-refractivity contribution < 1.29 is 27.4 Å². The Hall–Kier alpha value is -3.37. The second-order valence-corrected chi connectivity index (χ2v) is 8.81. The topological polar surface area (TPSA) is 93.0 Å². The van der Waals surface area contributed by atoms with Gasteiger partial charge in [0, 0.05) is 49.7 Å². The predicted octanol–water partition coefficient (Wildman–Crippen LogP) is 4.37. The number of rotatable bonds is 5. The number of alkyl halides is 3. The van der Waals surface area contributed by atoms with Gasteiger partial charge in [-0.3, -0.25) is 0 Å². The Labute approximate surface area is 202 Å². The molecule has 1 saturated heterocycles. The van der Waals surface area contributed by atoms with Crippen molar-refractivity contribution >= 4 is 23.3 Å². The number of hydrogen-bond acceptors (Lipinski definition) is 7. The maximum absolute atomic E-state index is 13.1. The molecule has 2 aliphatic rings. The number of nitrogens with zero attached hydrogens (tertiary/aromatic N) is 3. The quantitative estimate of drug-likeness (QED) is 0.598. The first-order valence-corrected chi connectivity index (χ1v) is 11.7. The number of carbonyl (C=O) groups is 1. The molecule has 1 saturated carbocycles. The van der Waals surface area contributed by atoms with Gasteiger partial charge in [0.25, 0.3) is 0 Å². The number of halogens is 3. The monoisotopic (exact) mass is 493 g/mol. The molecule has 1 aromatic carbocycles. The maximum Gasteiger partial charge on any atom is 0.418 e. The van der Waals surface area contributed by atoms with E-state index in [1.807, 2.05) is 18.2 Å². The van der Waals surface area contributed by atoms with Gasteiger partial charge in [0.2, 0.25) is 5.88 Å². The molecule has 35 heavy (non-hydrogen) atoms. The van der Waals surface area contributed by atoms with E-state index in [9.17, 15) is 18.0 Å². The molecule has 2 heterocycles. The van der Waals surface area contributed by atoms with Crippen molar-refractivity contribution in [2.45, 2.75) is 44.0 Å². The summed E-state index contributed by atoms with van der Waals surface area (Å²) < 4.78 is 50.3. The van der Waals surface area contributed by atoms with E-state index in [-0.39, 0.29) is 23.9 Å². The van der Waals surface area contributed by atoms with Gasteiger partial charge in [0.15, 0.2) is 0 Å². The van der Waals surface area contributed by atoms with Gasteiger partial charge in [0.1, 0.15) is 11.9 Å². The molecule has 0 spiro atoms. The zero-order valence-corrected chi connectivity index (χ0v) is 19.6. The van der Waals surface area contributed by atoms with Crippen molar-refractivity contribution in [1.82, 2.24) is 9.88 Å². The minimum Gasteiger partial charge on any atom is -0.474 e. The summed E-state index contributed by atoms with van der Waals surface area (Å²) >= 11 is 0. The third-order valence-corrected chi connectivity index (χ3v) is 6.44. The SMILES string of the molecule is COC(=O)N1CCN(c2cccc(OC3CCC(Nc4ccc(N)c(C(F)(F)F)c4)CC3)n2)CC1. The van der Waals surface area contributed by atoms with Gasteiger partial charge in [-0.05, 0) is 49.9 Å². The third kappa shape index (κ3) is 6.20. The molecule has 0 unspecified atom stereocenters. The van der Waals surface area contributed by atoms with Crippen LogP contribution in [-0.4, -0.2) is 61.4 Å². The van der Waals surface area contributed by atoms with E-state index < -0.39 is 11.7 Å². The summed E-state index contributed by atoms with van der Waals surface area (Å²) in [6, 6.07) is 9.64. The molecule has 1 aliphatic heterocycles. The van der Waals surface area contributed by atoms with Gasteiger partial charge < -0.3 is 30.3 Å². The Kier molecular flexibility index (Phi) is 7.42. The predicted molar refractivity (Wildman–Crippen MR) is 127 cm³/mol. The first-order chi connectivity index (χ1) is 16.7. The molecule has 1 aromatic heterocycles. The molecule has 4 rings (SSSR count). The average Bonchev–Trinajstić information content (AvgIpc) is 2.85. The number of methoxy groups -OCH3 is 1. The van der Waals surface area contributed by atoms with Gasteiger partial charge in [-0.25, -0.2) is 4.79 Å². The van der Waals surface area contributed by atoms with E-state index >= 15 is 0 Å². The van der Waals surface area contributed by atoms with E-state index in [0.29, 0.717) is 37.7 Å². The Bertz CT molecular complexity index is 1020. The fourth-order valence-electron chi connectivity index (χ4n) is 4.52. The van der Waals surface area contributed by atoms with Crippen LogP contribution < -0.4 is 20.7 Å². The van der Waals surface area contributed by atoms with Crippen molar-refractivity contribution in [3.8, 4) is 5.88 Å². The van der Waals surface area contributed by atoms with Gasteiger partial charge in [-0.15, -0.1) is 0 Å². The third-order valence-electron chi connectivity index (χ3n) is 6.44. The summed E-state index contributed by atoms with van der Waals surface area (Å²) in [6.45, 7) is 2.44. The van der Waals surface area contributed by atoms with Crippen LogP contribution in [0.15, 0.2) is 36.4 Å². The fourth-order valence-corrected chi connectivity index (χ4v) is 4.52. The molecular weight excluding hydrogens is 463 g/mol. The van der Waals surface area contributed by atoms with Crippen molar-refractivity contribution in [3.05, 3.63) is 42.0 Å². The van der Waals surface area contributed by atoms with Crippen LogP contribution >= 0.6 is 0 Å². The summed E-state index contributed by atoms with van der Waals surface area (Å²) in [6.07, 6.45) is -1.74. The number of amides is 1. The molecule has 0 atom stereocenters. The van der Waals surface area contributed by atoms with E-state index in [1.165, 1.54) is 13.2 Å². The Morgan fingerprint density at radius 2 is 1.80 bits per heavy atom. The van der Waals surface area contributed by atoms with Crippen LogP contribution in [0.5, 0.6) is 5.88 Å². The van der Waals surface area contributed by atoms with Crippen molar-refractivity contribution in [2.24, 2.45) is 0 Å². The summed E-state index contributed by atoms with van der Waals surface area (Å²) in [5.74, 6) is 1.34. The van der Waals surface area contributed by atoms with Crippen molar-refractivity contribution in [3.63, 3.8) is 0 Å². The number of ether oxygens (including phenoxy) is 2. The average molecular weight is 494 g/mol. The first kappa shape index (κ1) is 24.7. The molecule has 190 valence electrons. The van der Waals surface area contributed by atoms with Gasteiger partial charge in [-0.1, -0.05) is 6.07 Å². The fraction of sp³-hybridized carbons (Fsp3) is 0.500.